The third kappa shape index (κ3) is 3.26. The van der Waals surface area contributed by atoms with Gasteiger partial charge in [0, 0.05) is 16.2 Å². The summed E-state index contributed by atoms with van der Waals surface area (Å²) in [7, 11) is 1.53. The molecule has 0 N–H and O–H groups in total. The van der Waals surface area contributed by atoms with Crippen LogP contribution in [0.25, 0.3) is 9.15 Å². The predicted molar refractivity (Wildman–Crippen MR) is 106 cm³/mol. The number of carbonyl (C=O) groups excluding carboxylic acids is 1. The summed E-state index contributed by atoms with van der Waals surface area (Å²) < 4.78 is 40.9. The fourth-order valence-electron chi connectivity index (χ4n) is 3.52. The average Bonchev–Trinajstić information content (AvgIpc) is 2.59. The quantitative estimate of drug-likeness (QED) is 0.498. The molecule has 0 saturated carbocycles. The first-order chi connectivity index (χ1) is 12.1. The molecule has 6 heteroatoms. The van der Waals surface area contributed by atoms with Gasteiger partial charge in [0.05, 0.1) is 17.5 Å². The van der Waals surface area contributed by atoms with Crippen LogP contribution in [0.15, 0.2) is 54.6 Å². The molecule has 0 bridgehead atoms. The Bertz CT molecular complexity index is 876. The van der Waals surface area contributed by atoms with Crippen molar-refractivity contribution in [3.05, 3.63) is 65.7 Å². The number of para-hydroxylation sites is 1. The van der Waals surface area contributed by atoms with E-state index in [1.165, 1.54) is 18.9 Å². The predicted octanol–water partition coefficient (Wildman–Crippen LogP) is 5.93. The lowest BCUT2D eigenvalue weighted by Gasteiger charge is -2.42. The molecule has 0 spiro atoms. The Hall–Kier alpha value is -1.83. The summed E-state index contributed by atoms with van der Waals surface area (Å²) in [5, 5.41) is 0. The van der Waals surface area contributed by atoms with E-state index < -0.39 is 23.9 Å². The molecular weight excluding hydrogens is 454 g/mol. The first kappa shape index (κ1) is 18.9. The minimum atomic E-state index is -4.46. The van der Waals surface area contributed by atoms with Crippen molar-refractivity contribution < 1.29 is 18.0 Å². The largest absolute Gasteiger partial charge is 0.390 e. The Kier molecular flexibility index (Phi) is 4.90. The number of benzene rings is 2. The molecule has 0 saturated heterocycles. The van der Waals surface area contributed by atoms with Crippen LogP contribution in [-0.4, -0.2) is 19.1 Å². The summed E-state index contributed by atoms with van der Waals surface area (Å²) in [5.74, 6) is -0.548. The monoisotopic (exact) mass is 471 g/mol. The van der Waals surface area contributed by atoms with Gasteiger partial charge in [-0.1, -0.05) is 48.5 Å². The highest BCUT2D eigenvalue weighted by molar-refractivity contribution is 14.1. The second kappa shape index (κ2) is 6.72. The molecule has 2 nitrogen and oxygen atoms in total. The molecule has 0 aromatic heterocycles. The first-order valence-corrected chi connectivity index (χ1v) is 9.13. The van der Waals surface area contributed by atoms with Gasteiger partial charge in [-0.3, -0.25) is 4.79 Å². The van der Waals surface area contributed by atoms with E-state index in [2.05, 4.69) is 22.6 Å². The number of hydrogen-bond acceptors (Lipinski definition) is 1. The molecule has 1 aliphatic rings. The van der Waals surface area contributed by atoms with Crippen LogP contribution in [-0.2, 0) is 4.79 Å². The van der Waals surface area contributed by atoms with Gasteiger partial charge < -0.3 is 4.90 Å². The van der Waals surface area contributed by atoms with Gasteiger partial charge in [0.2, 0.25) is 5.91 Å². The standard InChI is InChI=1S/C20H17F3INO/c1-19(12-20(21,22)23)16(17(24)13-8-4-3-5-9-13)14-10-6-7-11-15(14)25(2)18(19)26/h3-11H,12H2,1-2H3/b17-16+/t19-/m0/s1. The van der Waals surface area contributed by atoms with Crippen LogP contribution in [0.3, 0.4) is 0 Å². The molecule has 136 valence electrons. The Morgan fingerprint density at radius 2 is 1.65 bits per heavy atom. The first-order valence-electron chi connectivity index (χ1n) is 8.05. The van der Waals surface area contributed by atoms with E-state index in [-0.39, 0.29) is 0 Å². The van der Waals surface area contributed by atoms with Crippen molar-refractivity contribution in [3.63, 3.8) is 0 Å². The van der Waals surface area contributed by atoms with Crippen LogP contribution in [0.1, 0.15) is 24.5 Å². The van der Waals surface area contributed by atoms with Gasteiger partial charge >= 0.3 is 6.18 Å². The number of anilines is 1. The molecule has 1 atom stereocenters. The Balaban J connectivity index is 2.34. The van der Waals surface area contributed by atoms with E-state index in [1.54, 1.807) is 24.3 Å². The van der Waals surface area contributed by atoms with E-state index in [9.17, 15) is 18.0 Å². The molecule has 1 heterocycles. The van der Waals surface area contributed by atoms with E-state index in [0.717, 1.165) is 5.56 Å². The molecule has 0 fully saturated rings. The Morgan fingerprint density at radius 3 is 2.27 bits per heavy atom. The van der Waals surface area contributed by atoms with Crippen molar-refractivity contribution in [3.8, 4) is 0 Å². The minimum absolute atomic E-state index is 0.431. The van der Waals surface area contributed by atoms with Gasteiger partial charge in [-0.2, -0.15) is 13.2 Å². The molecule has 1 aliphatic heterocycles. The third-order valence-electron chi connectivity index (χ3n) is 4.66. The zero-order chi connectivity index (χ0) is 19.1. The number of rotatable bonds is 2. The molecule has 0 aliphatic carbocycles. The van der Waals surface area contributed by atoms with Crippen LogP contribution < -0.4 is 4.90 Å². The second-order valence-corrected chi connectivity index (χ2v) is 7.64. The summed E-state index contributed by atoms with van der Waals surface area (Å²) in [6.45, 7) is 1.40. The molecule has 3 rings (SSSR count). The van der Waals surface area contributed by atoms with E-state index >= 15 is 0 Å². The summed E-state index contributed by atoms with van der Waals surface area (Å²) in [4.78, 5) is 14.4. The molecule has 2 aromatic rings. The van der Waals surface area contributed by atoms with Crippen molar-refractivity contribution >= 4 is 43.3 Å². The smallest absolute Gasteiger partial charge is 0.314 e. The summed E-state index contributed by atoms with van der Waals surface area (Å²) in [5.41, 5.74) is 0.823. The Labute approximate surface area is 163 Å². The number of halogens is 4. The Morgan fingerprint density at radius 1 is 1.08 bits per heavy atom. The van der Waals surface area contributed by atoms with Gasteiger partial charge in [0.25, 0.3) is 0 Å². The van der Waals surface area contributed by atoms with Crippen molar-refractivity contribution in [1.82, 2.24) is 0 Å². The number of alkyl halides is 3. The van der Waals surface area contributed by atoms with Gasteiger partial charge in [-0.15, -0.1) is 0 Å². The molecule has 0 unspecified atom stereocenters. The zero-order valence-electron chi connectivity index (χ0n) is 14.3. The van der Waals surface area contributed by atoms with E-state index in [1.807, 2.05) is 30.3 Å². The number of amides is 1. The second-order valence-electron chi connectivity index (χ2n) is 6.56. The van der Waals surface area contributed by atoms with Gasteiger partial charge in [0.1, 0.15) is 0 Å². The lowest BCUT2D eigenvalue weighted by atomic mass is 9.71. The van der Waals surface area contributed by atoms with Gasteiger partial charge in [-0.05, 0) is 46.7 Å². The van der Waals surface area contributed by atoms with Gasteiger partial charge in [0.15, 0.2) is 0 Å². The fraction of sp³-hybridized carbons (Fsp3) is 0.250. The summed E-state index contributed by atoms with van der Waals surface area (Å²) in [6, 6.07) is 16.3. The highest BCUT2D eigenvalue weighted by Gasteiger charge is 2.52. The van der Waals surface area contributed by atoms with Crippen molar-refractivity contribution in [1.29, 1.82) is 0 Å². The van der Waals surface area contributed by atoms with Crippen LogP contribution in [0.2, 0.25) is 0 Å². The highest BCUT2D eigenvalue weighted by atomic mass is 127. The number of carbonyl (C=O) groups is 1. The number of hydrogen-bond donors (Lipinski definition) is 0. The molecule has 2 aromatic carbocycles. The van der Waals surface area contributed by atoms with Crippen LogP contribution in [0.4, 0.5) is 18.9 Å². The van der Waals surface area contributed by atoms with E-state index in [0.29, 0.717) is 20.4 Å². The molecule has 1 amide bonds. The highest BCUT2D eigenvalue weighted by Crippen LogP contribution is 2.54. The summed E-state index contributed by atoms with van der Waals surface area (Å²) in [6.07, 6.45) is -5.66. The maximum atomic E-state index is 13.4. The SMILES string of the molecule is CN1C(=O)[C@@](C)(CC(F)(F)F)/C(=C(/I)c2ccccc2)c2ccccc21. The molecular formula is C20H17F3INO. The topological polar surface area (TPSA) is 20.3 Å². The zero-order valence-corrected chi connectivity index (χ0v) is 16.4. The maximum Gasteiger partial charge on any atom is 0.390 e. The minimum Gasteiger partial charge on any atom is -0.314 e. The van der Waals surface area contributed by atoms with E-state index in [4.69, 9.17) is 0 Å². The molecule has 0 radical (unpaired) electrons. The maximum absolute atomic E-state index is 13.4. The fourth-order valence-corrected chi connectivity index (χ4v) is 4.76. The van der Waals surface area contributed by atoms with Crippen molar-refractivity contribution in [2.45, 2.75) is 19.5 Å². The van der Waals surface area contributed by atoms with Crippen molar-refractivity contribution in [2.24, 2.45) is 5.41 Å². The van der Waals surface area contributed by atoms with Crippen LogP contribution in [0, 0.1) is 5.41 Å². The number of nitrogens with zero attached hydrogens (tertiary/aromatic N) is 1. The number of fused-ring (bicyclic) bond motifs is 1. The normalized spacial score (nSPS) is 22.2. The lowest BCUT2D eigenvalue weighted by Crippen LogP contribution is -2.47. The van der Waals surface area contributed by atoms with Crippen LogP contribution in [0.5, 0.6) is 0 Å². The molecule has 26 heavy (non-hydrogen) atoms. The average molecular weight is 471 g/mol. The van der Waals surface area contributed by atoms with Gasteiger partial charge in [-0.25, -0.2) is 0 Å². The van der Waals surface area contributed by atoms with Crippen LogP contribution >= 0.6 is 22.6 Å². The third-order valence-corrected chi connectivity index (χ3v) is 5.83. The lowest BCUT2D eigenvalue weighted by molar-refractivity contribution is -0.158. The summed E-state index contributed by atoms with van der Waals surface area (Å²) >= 11 is 2.06. The van der Waals surface area contributed by atoms with Crippen molar-refractivity contribution in [2.75, 3.05) is 11.9 Å².